The molecule has 0 bridgehead atoms. The quantitative estimate of drug-likeness (QED) is 0.707. The van der Waals surface area contributed by atoms with Crippen LogP contribution in [0.15, 0.2) is 59.8 Å². The normalized spacial score (nSPS) is 19.4. The maximum Gasteiger partial charge on any atom is 0.416 e. The molecule has 0 saturated carbocycles. The molecule has 4 nitrogen and oxygen atoms in total. The first kappa shape index (κ1) is 19.2. The van der Waals surface area contributed by atoms with Crippen LogP contribution >= 0.6 is 0 Å². The standard InChI is InChI=1S/C22H18F3NO3/c1-2-13-6-8-14(9-7-13)17-11-19(27)26(18-12-29-21(28)20(17)18)16-5-3-4-15(10-16)22(23,24)25/h3-10,17H,2,11-12H2,1H3/t17-/m1/s1. The summed E-state index contributed by atoms with van der Waals surface area (Å²) in [6, 6.07) is 12.2. The van der Waals surface area contributed by atoms with Crippen molar-refractivity contribution in [3.63, 3.8) is 0 Å². The van der Waals surface area contributed by atoms with Gasteiger partial charge in [0.2, 0.25) is 5.91 Å². The summed E-state index contributed by atoms with van der Waals surface area (Å²) < 4.78 is 44.5. The molecule has 1 atom stereocenters. The number of cyclic esters (lactones) is 1. The smallest absolute Gasteiger partial charge is 0.416 e. The van der Waals surface area contributed by atoms with Crippen molar-refractivity contribution in [2.75, 3.05) is 11.5 Å². The number of amides is 1. The molecule has 0 fully saturated rings. The Kier molecular flexibility index (Phi) is 4.68. The average molecular weight is 401 g/mol. The highest BCUT2D eigenvalue weighted by atomic mass is 19.4. The Balaban J connectivity index is 1.78. The summed E-state index contributed by atoms with van der Waals surface area (Å²) in [5.41, 5.74) is 1.82. The molecule has 1 amide bonds. The molecule has 0 aliphatic carbocycles. The third kappa shape index (κ3) is 3.41. The van der Waals surface area contributed by atoms with E-state index in [9.17, 15) is 22.8 Å². The van der Waals surface area contributed by atoms with E-state index in [2.05, 4.69) is 0 Å². The lowest BCUT2D eigenvalue weighted by molar-refractivity contribution is -0.138. The summed E-state index contributed by atoms with van der Waals surface area (Å²) in [6.45, 7) is 1.89. The number of aryl methyl sites for hydroxylation is 1. The van der Waals surface area contributed by atoms with E-state index >= 15 is 0 Å². The number of rotatable bonds is 3. The first-order valence-electron chi connectivity index (χ1n) is 9.28. The van der Waals surface area contributed by atoms with Gasteiger partial charge in [0, 0.05) is 18.0 Å². The largest absolute Gasteiger partial charge is 0.456 e. The fraction of sp³-hybridized carbons (Fsp3) is 0.273. The molecular formula is C22H18F3NO3. The molecule has 0 radical (unpaired) electrons. The SMILES string of the molecule is CCc1ccc([C@H]2CC(=O)N(c3cccc(C(F)(F)F)c3)C3=C2C(=O)OC3)cc1. The first-order valence-corrected chi connectivity index (χ1v) is 9.28. The van der Waals surface area contributed by atoms with E-state index in [1.807, 2.05) is 31.2 Å². The van der Waals surface area contributed by atoms with Gasteiger partial charge in [-0.05, 0) is 35.7 Å². The number of anilines is 1. The lowest BCUT2D eigenvalue weighted by atomic mass is 9.83. The van der Waals surface area contributed by atoms with Gasteiger partial charge in [0.1, 0.15) is 6.61 Å². The van der Waals surface area contributed by atoms with Gasteiger partial charge in [0.25, 0.3) is 0 Å². The lowest BCUT2D eigenvalue weighted by Crippen LogP contribution is -2.37. The van der Waals surface area contributed by atoms with Crippen LogP contribution < -0.4 is 4.90 Å². The molecule has 0 saturated heterocycles. The summed E-state index contributed by atoms with van der Waals surface area (Å²) >= 11 is 0. The number of hydrogen-bond acceptors (Lipinski definition) is 3. The molecule has 0 N–H and O–H groups in total. The highest BCUT2D eigenvalue weighted by Gasteiger charge is 2.43. The molecule has 0 aromatic heterocycles. The first-order chi connectivity index (χ1) is 13.8. The number of nitrogens with zero attached hydrogens (tertiary/aromatic N) is 1. The topological polar surface area (TPSA) is 46.6 Å². The van der Waals surface area contributed by atoms with Crippen molar-refractivity contribution < 1.29 is 27.5 Å². The molecule has 2 aliphatic rings. The highest BCUT2D eigenvalue weighted by Crippen LogP contribution is 2.42. The van der Waals surface area contributed by atoms with Gasteiger partial charge < -0.3 is 4.74 Å². The maximum absolute atomic E-state index is 13.1. The van der Waals surface area contributed by atoms with Crippen LogP contribution in [0, 0.1) is 0 Å². The molecule has 29 heavy (non-hydrogen) atoms. The molecular weight excluding hydrogens is 383 g/mol. The fourth-order valence-corrected chi connectivity index (χ4v) is 3.85. The average Bonchev–Trinajstić information content (AvgIpc) is 3.08. The van der Waals surface area contributed by atoms with Crippen LogP contribution in [-0.2, 0) is 26.9 Å². The van der Waals surface area contributed by atoms with Crippen molar-refractivity contribution in [2.24, 2.45) is 0 Å². The molecule has 7 heteroatoms. The van der Waals surface area contributed by atoms with Crippen LogP contribution in [0.2, 0.25) is 0 Å². The Morgan fingerprint density at radius 2 is 1.83 bits per heavy atom. The summed E-state index contributed by atoms with van der Waals surface area (Å²) in [7, 11) is 0. The van der Waals surface area contributed by atoms with E-state index in [0.29, 0.717) is 11.3 Å². The summed E-state index contributed by atoms with van der Waals surface area (Å²) in [5.74, 6) is -1.37. The number of carbonyl (C=O) groups excluding carboxylic acids is 2. The van der Waals surface area contributed by atoms with Crippen LogP contribution in [0.5, 0.6) is 0 Å². The van der Waals surface area contributed by atoms with Crippen LogP contribution in [0.25, 0.3) is 0 Å². The summed E-state index contributed by atoms with van der Waals surface area (Å²) in [4.78, 5) is 26.6. The zero-order valence-electron chi connectivity index (χ0n) is 15.6. The summed E-state index contributed by atoms with van der Waals surface area (Å²) in [6.07, 6.45) is -3.68. The van der Waals surface area contributed by atoms with Gasteiger partial charge in [0.15, 0.2) is 0 Å². The third-order valence-electron chi connectivity index (χ3n) is 5.34. The van der Waals surface area contributed by atoms with Gasteiger partial charge in [-0.15, -0.1) is 0 Å². The van der Waals surface area contributed by atoms with Crippen LogP contribution in [0.1, 0.15) is 36.0 Å². The Labute approximate surface area is 165 Å². The van der Waals surface area contributed by atoms with E-state index in [0.717, 1.165) is 29.7 Å². The van der Waals surface area contributed by atoms with Gasteiger partial charge in [-0.3, -0.25) is 9.69 Å². The van der Waals surface area contributed by atoms with E-state index in [1.165, 1.54) is 17.0 Å². The number of halogens is 3. The number of ether oxygens (including phenoxy) is 1. The predicted octanol–water partition coefficient (Wildman–Crippen LogP) is 4.60. The summed E-state index contributed by atoms with van der Waals surface area (Å²) in [5, 5.41) is 0. The van der Waals surface area contributed by atoms with Crippen molar-refractivity contribution in [1.29, 1.82) is 0 Å². The van der Waals surface area contributed by atoms with Gasteiger partial charge in [-0.1, -0.05) is 37.3 Å². The Hall–Kier alpha value is -3.09. The van der Waals surface area contributed by atoms with E-state index in [1.54, 1.807) is 0 Å². The van der Waals surface area contributed by atoms with Gasteiger partial charge in [0.05, 0.1) is 16.8 Å². The molecule has 2 aromatic carbocycles. The zero-order valence-corrected chi connectivity index (χ0v) is 15.6. The minimum atomic E-state index is -4.53. The highest BCUT2D eigenvalue weighted by molar-refractivity contribution is 6.06. The fourth-order valence-electron chi connectivity index (χ4n) is 3.85. The zero-order chi connectivity index (χ0) is 20.8. The Bertz CT molecular complexity index is 1010. The van der Waals surface area contributed by atoms with Gasteiger partial charge >= 0.3 is 12.1 Å². The molecule has 2 aliphatic heterocycles. The van der Waals surface area contributed by atoms with Crippen molar-refractivity contribution >= 4 is 17.6 Å². The molecule has 2 heterocycles. The van der Waals surface area contributed by atoms with Crippen LogP contribution in [0.3, 0.4) is 0 Å². The van der Waals surface area contributed by atoms with Crippen LogP contribution in [0.4, 0.5) is 18.9 Å². The van der Waals surface area contributed by atoms with Crippen molar-refractivity contribution in [1.82, 2.24) is 0 Å². The molecule has 2 aromatic rings. The molecule has 0 spiro atoms. The minimum Gasteiger partial charge on any atom is -0.456 e. The third-order valence-corrected chi connectivity index (χ3v) is 5.34. The molecule has 150 valence electrons. The monoisotopic (exact) mass is 401 g/mol. The second-order valence-electron chi connectivity index (χ2n) is 7.07. The Morgan fingerprint density at radius 1 is 1.10 bits per heavy atom. The number of esters is 1. The van der Waals surface area contributed by atoms with Crippen LogP contribution in [-0.4, -0.2) is 18.5 Å². The van der Waals surface area contributed by atoms with E-state index in [-0.39, 0.29) is 24.6 Å². The Morgan fingerprint density at radius 3 is 2.48 bits per heavy atom. The van der Waals surface area contributed by atoms with Crippen molar-refractivity contribution in [3.8, 4) is 0 Å². The van der Waals surface area contributed by atoms with Gasteiger partial charge in [-0.25, -0.2) is 4.79 Å². The maximum atomic E-state index is 13.1. The molecule has 4 rings (SSSR count). The molecule has 0 unspecified atom stereocenters. The lowest BCUT2D eigenvalue weighted by Gasteiger charge is -2.32. The van der Waals surface area contributed by atoms with E-state index in [4.69, 9.17) is 4.74 Å². The number of carbonyl (C=O) groups is 2. The van der Waals surface area contributed by atoms with E-state index < -0.39 is 23.6 Å². The number of benzene rings is 2. The predicted molar refractivity (Wildman–Crippen MR) is 100 cm³/mol. The minimum absolute atomic E-state index is 0.0182. The second-order valence-corrected chi connectivity index (χ2v) is 7.07. The number of alkyl halides is 3. The number of hydrogen-bond donors (Lipinski definition) is 0. The van der Waals surface area contributed by atoms with Crippen molar-refractivity contribution in [3.05, 3.63) is 76.5 Å². The van der Waals surface area contributed by atoms with Gasteiger partial charge in [-0.2, -0.15) is 13.2 Å². The second kappa shape index (κ2) is 7.06. The van der Waals surface area contributed by atoms with Crippen molar-refractivity contribution in [2.45, 2.75) is 31.9 Å².